The third-order valence-electron chi connectivity index (χ3n) is 6.01. The maximum absolute atomic E-state index is 13.2. The summed E-state index contributed by atoms with van der Waals surface area (Å²) in [7, 11) is 3.89. The summed E-state index contributed by atoms with van der Waals surface area (Å²) >= 11 is 0. The van der Waals surface area contributed by atoms with Crippen LogP contribution >= 0.6 is 0 Å². The van der Waals surface area contributed by atoms with E-state index in [-0.39, 0.29) is 6.61 Å². The molecule has 0 aliphatic heterocycles. The minimum Gasteiger partial charge on any atom is -0.465 e. The highest BCUT2D eigenvalue weighted by Gasteiger charge is 2.28. The van der Waals surface area contributed by atoms with Gasteiger partial charge < -0.3 is 19.4 Å². The molecule has 0 saturated carbocycles. The van der Waals surface area contributed by atoms with Gasteiger partial charge in [0, 0.05) is 30.9 Å². The number of ether oxygens (including phenoxy) is 1. The van der Waals surface area contributed by atoms with Crippen molar-refractivity contribution in [1.82, 2.24) is 4.98 Å². The molecule has 0 atom stereocenters. The van der Waals surface area contributed by atoms with E-state index in [1.165, 1.54) is 0 Å². The molecular formula is C28H25N3O4. The topological polar surface area (TPSA) is 84.7 Å². The second kappa shape index (κ2) is 9.46. The van der Waals surface area contributed by atoms with Gasteiger partial charge in [-0.2, -0.15) is 0 Å². The molecule has 35 heavy (non-hydrogen) atoms. The van der Waals surface area contributed by atoms with Crippen molar-refractivity contribution in [1.29, 1.82) is 0 Å². The zero-order valence-electron chi connectivity index (χ0n) is 19.6. The van der Waals surface area contributed by atoms with E-state index in [0.717, 1.165) is 40.1 Å². The molecule has 1 aliphatic rings. The van der Waals surface area contributed by atoms with Crippen LogP contribution < -0.4 is 10.2 Å². The number of furan rings is 1. The Morgan fingerprint density at radius 3 is 2.60 bits per heavy atom. The van der Waals surface area contributed by atoms with E-state index < -0.39 is 11.9 Å². The van der Waals surface area contributed by atoms with E-state index in [2.05, 4.69) is 5.32 Å². The second-order valence-corrected chi connectivity index (χ2v) is 8.58. The van der Waals surface area contributed by atoms with Gasteiger partial charge in [0.2, 0.25) is 0 Å². The van der Waals surface area contributed by atoms with Gasteiger partial charge in [0.1, 0.15) is 5.76 Å². The first-order valence-corrected chi connectivity index (χ1v) is 11.4. The number of allylic oxidation sites excluding steroid dienone is 1. The number of nitrogens with zero attached hydrogens (tertiary/aromatic N) is 2. The fourth-order valence-electron chi connectivity index (χ4n) is 4.30. The summed E-state index contributed by atoms with van der Waals surface area (Å²) in [6, 6.07) is 18.6. The lowest BCUT2D eigenvalue weighted by Gasteiger charge is -2.14. The Labute approximate surface area is 203 Å². The minimum atomic E-state index is -0.530. The molecule has 0 spiro atoms. The molecule has 1 amide bonds. The summed E-state index contributed by atoms with van der Waals surface area (Å²) in [5, 5.41) is 3.49. The van der Waals surface area contributed by atoms with Gasteiger partial charge in [-0.25, -0.2) is 9.78 Å². The van der Waals surface area contributed by atoms with Gasteiger partial charge in [0.25, 0.3) is 5.91 Å². The van der Waals surface area contributed by atoms with Crippen molar-refractivity contribution in [3.63, 3.8) is 0 Å². The van der Waals surface area contributed by atoms with Gasteiger partial charge in [-0.05, 0) is 72.5 Å². The number of fused-ring (bicyclic) bond motifs is 2. The van der Waals surface area contributed by atoms with Gasteiger partial charge in [-0.3, -0.25) is 4.79 Å². The van der Waals surface area contributed by atoms with Gasteiger partial charge in [-0.1, -0.05) is 18.2 Å². The van der Waals surface area contributed by atoms with Crippen molar-refractivity contribution >= 4 is 45.8 Å². The van der Waals surface area contributed by atoms with Crippen LogP contribution in [-0.2, 0) is 16.0 Å². The van der Waals surface area contributed by atoms with Crippen molar-refractivity contribution in [2.45, 2.75) is 12.8 Å². The number of carbonyl (C=O) groups excluding carboxylic acids is 2. The summed E-state index contributed by atoms with van der Waals surface area (Å²) in [5.41, 5.74) is 5.46. The number of aromatic nitrogens is 1. The fourth-order valence-corrected chi connectivity index (χ4v) is 4.30. The summed E-state index contributed by atoms with van der Waals surface area (Å²) < 4.78 is 10.9. The van der Waals surface area contributed by atoms with E-state index in [9.17, 15) is 9.59 Å². The van der Waals surface area contributed by atoms with E-state index in [4.69, 9.17) is 14.1 Å². The predicted octanol–water partition coefficient (Wildman–Crippen LogP) is 5.18. The van der Waals surface area contributed by atoms with Crippen LogP contribution in [-0.4, -0.2) is 37.6 Å². The predicted molar refractivity (Wildman–Crippen MR) is 136 cm³/mol. The quantitative estimate of drug-likeness (QED) is 0.394. The van der Waals surface area contributed by atoms with E-state index in [1.54, 1.807) is 6.26 Å². The SMILES string of the molecule is CN(C)c1ccc(NC(=O)COC(=O)c2c3c(nc4ccccc24)C(=Cc2ccco2)CC3)cc1. The number of amides is 1. The normalized spacial score (nSPS) is 13.6. The number of benzene rings is 2. The molecule has 2 aromatic heterocycles. The standard InChI is InChI=1S/C28H25N3O4/c1-31(2)20-12-10-19(11-13-20)29-25(32)17-35-28(33)26-22-7-3-4-8-24(22)30-27-18(9-14-23(26)27)16-21-6-5-15-34-21/h3-8,10-13,15-16H,9,14,17H2,1-2H3,(H,29,32). The van der Waals surface area contributed by atoms with Crippen LogP contribution in [0.2, 0.25) is 0 Å². The number of rotatable bonds is 6. The zero-order chi connectivity index (χ0) is 24.4. The van der Waals surface area contributed by atoms with Crippen LogP contribution in [0, 0.1) is 0 Å². The summed E-state index contributed by atoms with van der Waals surface area (Å²) in [6.07, 6.45) is 4.98. The molecular weight excluding hydrogens is 442 g/mol. The van der Waals surface area contributed by atoms with E-state index in [1.807, 2.05) is 85.7 Å². The molecule has 2 aromatic carbocycles. The number of hydrogen-bond acceptors (Lipinski definition) is 6. The Morgan fingerprint density at radius 1 is 1.06 bits per heavy atom. The average molecular weight is 468 g/mol. The molecule has 4 aromatic rings. The van der Waals surface area contributed by atoms with Crippen molar-refractivity contribution < 1.29 is 18.7 Å². The Bertz CT molecular complexity index is 1420. The Balaban J connectivity index is 1.37. The molecule has 0 unspecified atom stereocenters. The lowest BCUT2D eigenvalue weighted by Crippen LogP contribution is -2.21. The average Bonchev–Trinajstić information content (AvgIpc) is 3.52. The maximum atomic E-state index is 13.2. The number of hydrogen-bond donors (Lipinski definition) is 1. The number of carbonyl (C=O) groups is 2. The number of anilines is 2. The van der Waals surface area contributed by atoms with Crippen LogP contribution in [0.4, 0.5) is 11.4 Å². The van der Waals surface area contributed by atoms with Gasteiger partial charge >= 0.3 is 5.97 Å². The molecule has 2 heterocycles. The fraction of sp³-hybridized carbons (Fsp3) is 0.179. The molecule has 1 aliphatic carbocycles. The Morgan fingerprint density at radius 2 is 1.86 bits per heavy atom. The van der Waals surface area contributed by atoms with Crippen LogP contribution in [0.25, 0.3) is 22.6 Å². The largest absolute Gasteiger partial charge is 0.465 e. The highest BCUT2D eigenvalue weighted by molar-refractivity contribution is 6.08. The Kier molecular flexibility index (Phi) is 6.06. The molecule has 7 nitrogen and oxygen atoms in total. The van der Waals surface area contributed by atoms with Crippen LogP contribution in [0.3, 0.4) is 0 Å². The van der Waals surface area contributed by atoms with E-state index >= 15 is 0 Å². The molecule has 7 heteroatoms. The first kappa shape index (κ1) is 22.4. The number of esters is 1. The summed E-state index contributed by atoms with van der Waals surface area (Å²) in [4.78, 5) is 32.5. The van der Waals surface area contributed by atoms with Crippen molar-refractivity contribution in [2.75, 3.05) is 30.9 Å². The van der Waals surface area contributed by atoms with Crippen molar-refractivity contribution in [3.8, 4) is 0 Å². The highest BCUT2D eigenvalue weighted by Crippen LogP contribution is 2.37. The number of para-hydroxylation sites is 1. The minimum absolute atomic E-state index is 0.380. The monoisotopic (exact) mass is 467 g/mol. The van der Waals surface area contributed by atoms with Crippen LogP contribution in [0.1, 0.15) is 33.8 Å². The number of nitrogens with one attached hydrogen (secondary N) is 1. The summed E-state index contributed by atoms with van der Waals surface area (Å²) in [6.45, 7) is -0.380. The lowest BCUT2D eigenvalue weighted by atomic mass is 10.0. The van der Waals surface area contributed by atoms with Gasteiger partial charge in [0.05, 0.1) is 23.0 Å². The molecule has 0 saturated heterocycles. The molecule has 5 rings (SSSR count). The number of pyridine rings is 1. The molecule has 1 N–H and O–H groups in total. The van der Waals surface area contributed by atoms with Crippen molar-refractivity contribution in [2.24, 2.45) is 0 Å². The van der Waals surface area contributed by atoms with Crippen molar-refractivity contribution in [3.05, 3.63) is 89.5 Å². The zero-order valence-corrected chi connectivity index (χ0v) is 19.6. The maximum Gasteiger partial charge on any atom is 0.339 e. The molecule has 0 fully saturated rings. The van der Waals surface area contributed by atoms with Crippen LogP contribution in [0.5, 0.6) is 0 Å². The third kappa shape index (κ3) is 4.66. The second-order valence-electron chi connectivity index (χ2n) is 8.58. The first-order valence-electron chi connectivity index (χ1n) is 11.4. The first-order chi connectivity index (χ1) is 17.0. The molecule has 0 radical (unpaired) electrons. The smallest absolute Gasteiger partial charge is 0.339 e. The van der Waals surface area contributed by atoms with Crippen LogP contribution in [0.15, 0.2) is 71.3 Å². The van der Waals surface area contributed by atoms with E-state index in [0.29, 0.717) is 23.2 Å². The third-order valence-corrected chi connectivity index (χ3v) is 6.01. The lowest BCUT2D eigenvalue weighted by molar-refractivity contribution is -0.119. The summed E-state index contributed by atoms with van der Waals surface area (Å²) in [5.74, 6) is -0.191. The molecule has 176 valence electrons. The van der Waals surface area contributed by atoms with Gasteiger partial charge in [-0.15, -0.1) is 0 Å². The van der Waals surface area contributed by atoms with Gasteiger partial charge in [0.15, 0.2) is 6.61 Å². The molecule has 0 bridgehead atoms. The Hall–Kier alpha value is -4.39. The highest BCUT2D eigenvalue weighted by atomic mass is 16.5.